The van der Waals surface area contributed by atoms with Gasteiger partial charge in [0.1, 0.15) is 27.2 Å². The fraction of sp³-hybridized carbons (Fsp3) is 0.0741. The predicted molar refractivity (Wildman–Crippen MR) is 181 cm³/mol. The maximum Gasteiger partial charge on any atom is 0.351 e. The van der Waals surface area contributed by atoms with E-state index in [-0.39, 0.29) is 29.7 Å². The Hall–Kier alpha value is -5.79. The van der Waals surface area contributed by atoms with Gasteiger partial charge < -0.3 is 10.6 Å². The largest absolute Gasteiger partial charge is 0.351 e. The first-order valence-electron chi connectivity index (χ1n) is 14.0. The molecule has 0 saturated carbocycles. The van der Waals surface area contributed by atoms with E-state index in [9.17, 15) is 56.7 Å². The van der Waals surface area contributed by atoms with Gasteiger partial charge in [-0.05, 0) is 72.7 Å². The number of allylic oxidation sites excluding steroid dienone is 1. The van der Waals surface area contributed by atoms with Crippen molar-refractivity contribution in [2.45, 2.75) is 32.0 Å². The number of azo groups is 2. The van der Waals surface area contributed by atoms with Crippen molar-refractivity contribution >= 4 is 75.1 Å². The molecular weight excluding hydrogens is 787 g/mol. The summed E-state index contributed by atoms with van der Waals surface area (Å²) in [4.78, 5) is 19.6. The van der Waals surface area contributed by atoms with Crippen molar-refractivity contribution in [3.05, 3.63) is 82.9 Å². The number of H-pyrrole nitrogens is 1. The fourth-order valence-electron chi connectivity index (χ4n) is 4.18. The van der Waals surface area contributed by atoms with Gasteiger partial charge in [-0.2, -0.15) is 59.0 Å². The molecule has 0 saturated heterocycles. The van der Waals surface area contributed by atoms with Crippen LogP contribution in [0.2, 0.25) is 0 Å². The monoisotopic (exact) mass is 807 g/mol. The van der Waals surface area contributed by atoms with Crippen molar-refractivity contribution in [3.8, 4) is 11.8 Å². The van der Waals surface area contributed by atoms with Gasteiger partial charge in [-0.15, -0.1) is 5.11 Å². The lowest BCUT2D eigenvalue weighted by Crippen LogP contribution is -2.18. The van der Waals surface area contributed by atoms with Gasteiger partial charge in [0.2, 0.25) is 11.9 Å². The number of hydrogen-bond acceptors (Lipinski definition) is 17. The van der Waals surface area contributed by atoms with E-state index in [4.69, 9.17) is 0 Å². The van der Waals surface area contributed by atoms with Gasteiger partial charge in [0.05, 0.1) is 21.2 Å². The van der Waals surface area contributed by atoms with E-state index >= 15 is 0 Å². The first kappa shape index (κ1) is 38.4. The molecule has 0 radical (unpaired) electrons. The molecule has 22 nitrogen and oxygen atoms in total. The summed E-state index contributed by atoms with van der Waals surface area (Å²) in [7, 11) is -19.1. The van der Waals surface area contributed by atoms with Crippen LogP contribution in [-0.4, -0.2) is 72.9 Å². The topological polar surface area (TPSA) is 350 Å². The number of aromatic nitrogens is 3. The first-order chi connectivity index (χ1) is 24.6. The van der Waals surface area contributed by atoms with E-state index in [1.807, 2.05) is 0 Å². The minimum absolute atomic E-state index is 0.0699. The lowest BCUT2D eigenvalue weighted by Gasteiger charge is -2.11. The van der Waals surface area contributed by atoms with Gasteiger partial charge in [-0.3, -0.25) is 23.2 Å². The zero-order valence-electron chi connectivity index (χ0n) is 25.9. The Morgan fingerprint density at radius 2 is 1.26 bits per heavy atom. The van der Waals surface area contributed by atoms with E-state index in [0.29, 0.717) is 17.8 Å². The number of nitrogens with one attached hydrogen (secondary N) is 3. The highest BCUT2D eigenvalue weighted by atomic mass is 32.2. The molecule has 0 fully saturated rings. The summed E-state index contributed by atoms with van der Waals surface area (Å²) < 4.78 is 130. The highest BCUT2D eigenvalue weighted by molar-refractivity contribution is 7.87. The van der Waals surface area contributed by atoms with E-state index < -0.39 is 83.2 Å². The number of nitrogens with zero attached hydrogens (tertiary/aromatic N) is 6. The highest BCUT2D eigenvalue weighted by Crippen LogP contribution is 2.31. The average molecular weight is 808 g/mol. The Morgan fingerprint density at radius 3 is 1.77 bits per heavy atom. The molecule has 53 heavy (non-hydrogen) atoms. The molecule has 3 aromatic carbocycles. The summed E-state index contributed by atoms with van der Waals surface area (Å²) in [5, 5.41) is 20.7. The third-order valence-electron chi connectivity index (χ3n) is 6.54. The molecule has 1 unspecified atom stereocenters. The maximum atomic E-state index is 12.2. The molecule has 0 bridgehead atoms. The van der Waals surface area contributed by atoms with Gasteiger partial charge in [-0.25, -0.2) is 4.79 Å². The first-order valence-corrected chi connectivity index (χ1v) is 19.8. The molecule has 1 aliphatic rings. The van der Waals surface area contributed by atoms with Crippen molar-refractivity contribution in [2.24, 2.45) is 20.5 Å². The summed E-state index contributed by atoms with van der Waals surface area (Å²) in [6.45, 7) is 0. The standard InChI is InChI=1S/C27H21N9O13S4/c37-27-31-25(28-15-1-5-17(6-2-15)33-35-21-13-19(50(38,39)40)9-11-23(21)52(44,45)46)30-26(32-27)29-16-3-7-18(8-4-16)34-36-22-14-20(51(41,42)43)10-12-24(22)53(47,48)49/h1-3,5-6,9-14,18H,7H2,(H,38,39,40)(H,41,42,43)(H,44,45,46)(H,47,48,49)(H3,28,29,30,31,32,37). The molecule has 1 aromatic heterocycles. The number of anilines is 3. The van der Waals surface area contributed by atoms with Crippen LogP contribution in [0.1, 0.15) is 6.42 Å². The summed E-state index contributed by atoms with van der Waals surface area (Å²) in [5.41, 5.74) is -1.20. The van der Waals surface area contributed by atoms with E-state index in [2.05, 4.69) is 57.9 Å². The Bertz CT molecular complexity index is 2790. The number of hydrogen-bond donors (Lipinski definition) is 7. The molecule has 7 N–H and O–H groups in total. The third-order valence-corrected chi connectivity index (χ3v) is 10.0. The Labute approximate surface area is 298 Å². The van der Waals surface area contributed by atoms with E-state index in [1.54, 1.807) is 0 Å². The van der Waals surface area contributed by atoms with Gasteiger partial charge in [0, 0.05) is 12.1 Å². The Balaban J connectivity index is 1.26. The molecule has 1 atom stereocenters. The quantitative estimate of drug-likeness (QED) is 0.0614. The van der Waals surface area contributed by atoms with Gasteiger partial charge in [0.15, 0.2) is 0 Å². The Kier molecular flexibility index (Phi) is 10.6. The average Bonchev–Trinajstić information content (AvgIpc) is 3.05. The van der Waals surface area contributed by atoms with Crippen LogP contribution in [-0.2, 0) is 40.5 Å². The maximum absolute atomic E-state index is 12.2. The van der Waals surface area contributed by atoms with Crippen molar-refractivity contribution < 1.29 is 51.9 Å². The van der Waals surface area contributed by atoms with Gasteiger partial charge in [-0.1, -0.05) is 5.92 Å². The van der Waals surface area contributed by atoms with Crippen molar-refractivity contribution in [1.82, 2.24) is 15.0 Å². The summed E-state index contributed by atoms with van der Waals surface area (Å²) in [6.07, 6.45) is 1.63. The van der Waals surface area contributed by atoms with Crippen molar-refractivity contribution in [1.29, 1.82) is 0 Å². The lowest BCUT2D eigenvalue weighted by atomic mass is 10.1. The van der Waals surface area contributed by atoms with Crippen LogP contribution in [0.4, 0.5) is 34.6 Å². The molecule has 0 aliphatic heterocycles. The molecule has 1 heterocycles. The molecule has 26 heteroatoms. The van der Waals surface area contributed by atoms with Crippen LogP contribution in [0.3, 0.4) is 0 Å². The zero-order chi connectivity index (χ0) is 38.8. The van der Waals surface area contributed by atoms with Crippen LogP contribution in [0, 0.1) is 11.8 Å². The third kappa shape index (κ3) is 10.2. The van der Waals surface area contributed by atoms with Crippen molar-refractivity contribution in [2.75, 3.05) is 10.6 Å². The molecular formula is C27H21N9O13S4. The zero-order valence-corrected chi connectivity index (χ0v) is 29.2. The van der Waals surface area contributed by atoms with Crippen LogP contribution in [0.15, 0.2) is 117 Å². The number of benzene rings is 3. The highest BCUT2D eigenvalue weighted by Gasteiger charge is 2.21. The minimum Gasteiger partial charge on any atom is -0.326 e. The van der Waals surface area contributed by atoms with E-state index in [1.165, 1.54) is 30.3 Å². The lowest BCUT2D eigenvalue weighted by molar-refractivity contribution is 0.478. The molecule has 276 valence electrons. The minimum atomic E-state index is -4.83. The second kappa shape index (κ2) is 14.7. The van der Waals surface area contributed by atoms with Crippen LogP contribution >= 0.6 is 0 Å². The SMILES string of the molecule is O=c1nc(NC2=CCC(N=Nc3cc(S(=O)(=O)O)ccc3S(=O)(=O)O)C#C2)nc(Nc2ccc(N=Nc3cc(S(=O)(=O)O)ccc3S(=O)(=O)O)cc2)[nH]1. The molecule has 1 aliphatic carbocycles. The van der Waals surface area contributed by atoms with Crippen LogP contribution in [0.5, 0.6) is 0 Å². The van der Waals surface area contributed by atoms with Crippen molar-refractivity contribution in [3.63, 3.8) is 0 Å². The number of aromatic amines is 1. The molecule has 5 rings (SSSR count). The fourth-order valence-corrected chi connectivity index (χ4v) is 6.39. The predicted octanol–water partition coefficient (Wildman–Crippen LogP) is 3.17. The summed E-state index contributed by atoms with van der Waals surface area (Å²) in [6, 6.07) is 9.27. The smallest absolute Gasteiger partial charge is 0.326 e. The van der Waals surface area contributed by atoms with Gasteiger partial charge in [0.25, 0.3) is 40.5 Å². The molecule has 0 spiro atoms. The Morgan fingerprint density at radius 1 is 0.698 bits per heavy atom. The normalized spacial score (nSPS) is 15.2. The second-order valence-corrected chi connectivity index (χ2v) is 16.0. The van der Waals surface area contributed by atoms with E-state index in [0.717, 1.165) is 24.3 Å². The summed E-state index contributed by atoms with van der Waals surface area (Å²) >= 11 is 0. The summed E-state index contributed by atoms with van der Waals surface area (Å²) in [5.74, 6) is 5.15. The second-order valence-electron chi connectivity index (χ2n) is 10.3. The van der Waals surface area contributed by atoms with Crippen LogP contribution < -0.4 is 16.3 Å². The molecule has 4 aromatic rings. The van der Waals surface area contributed by atoms with Gasteiger partial charge >= 0.3 is 5.69 Å². The number of rotatable bonds is 12. The molecule has 0 amide bonds. The van der Waals surface area contributed by atoms with Crippen LogP contribution in [0.25, 0.3) is 0 Å².